The van der Waals surface area contributed by atoms with Crippen LogP contribution in [0.5, 0.6) is 0 Å². The van der Waals surface area contributed by atoms with E-state index in [1.165, 1.54) is 0 Å². The molecule has 4 aromatic rings. The molecule has 2 aromatic heterocycles. The molecule has 0 saturated heterocycles. The maximum Gasteiger partial charge on any atom is 0.195 e. The van der Waals surface area contributed by atoms with Gasteiger partial charge in [-0.15, -0.1) is 22.7 Å². The minimum atomic E-state index is -0.0952. The van der Waals surface area contributed by atoms with Crippen molar-refractivity contribution in [2.45, 2.75) is 0 Å². The highest BCUT2D eigenvalue weighted by atomic mass is 79.9. The highest BCUT2D eigenvalue weighted by Gasteiger charge is 2.34. The second-order valence-corrected chi connectivity index (χ2v) is 11.2. The highest BCUT2D eigenvalue weighted by molar-refractivity contribution is 9.11. The van der Waals surface area contributed by atoms with Crippen LogP contribution in [0.1, 0.15) is 31.8 Å². The number of carbonyl (C=O) groups excluding carboxylic acids is 2. The zero-order valence-corrected chi connectivity index (χ0v) is 19.0. The summed E-state index contributed by atoms with van der Waals surface area (Å²) >= 11 is 10.1. The monoisotopic (exact) mass is 528 g/mol. The van der Waals surface area contributed by atoms with Crippen LogP contribution in [0.25, 0.3) is 20.9 Å². The molecule has 136 valence electrons. The molecule has 2 heterocycles. The molecule has 0 atom stereocenters. The lowest BCUT2D eigenvalue weighted by molar-refractivity contribution is 0.0980. The summed E-state index contributed by atoms with van der Waals surface area (Å²) in [6.45, 7) is 0. The maximum atomic E-state index is 13.5. The lowest BCUT2D eigenvalue weighted by atomic mass is 9.79. The van der Waals surface area contributed by atoms with Gasteiger partial charge in [-0.3, -0.25) is 9.59 Å². The van der Waals surface area contributed by atoms with Gasteiger partial charge in [0.15, 0.2) is 11.6 Å². The molecule has 0 spiro atoms. The number of hydrogen-bond acceptors (Lipinski definition) is 4. The standard InChI is InChI=1S/C22H10Br2O2S2/c23-17-9-7-15(27-17)13-5-6-14(16-8-10-18(24)28-16)20-19(13)21(25)11-3-1-2-4-12(11)22(20)26/h1-10H. The number of halogens is 2. The number of ketones is 2. The van der Waals surface area contributed by atoms with Crippen LogP contribution in [-0.2, 0) is 0 Å². The summed E-state index contributed by atoms with van der Waals surface area (Å²) < 4.78 is 1.97. The number of rotatable bonds is 2. The van der Waals surface area contributed by atoms with Crippen LogP contribution in [0.4, 0.5) is 0 Å². The first-order valence-electron chi connectivity index (χ1n) is 8.41. The summed E-state index contributed by atoms with van der Waals surface area (Å²) in [7, 11) is 0. The van der Waals surface area contributed by atoms with Crippen molar-refractivity contribution in [1.29, 1.82) is 0 Å². The smallest absolute Gasteiger partial charge is 0.195 e. The molecule has 5 rings (SSSR count). The SMILES string of the molecule is O=C1c2ccccc2C(=O)c2c(-c3ccc(Br)s3)ccc(-c3ccc(Br)s3)c21. The molecule has 0 unspecified atom stereocenters. The van der Waals surface area contributed by atoms with Gasteiger partial charge in [0, 0.05) is 43.1 Å². The van der Waals surface area contributed by atoms with Crippen molar-refractivity contribution in [3.63, 3.8) is 0 Å². The lowest BCUT2D eigenvalue weighted by Gasteiger charge is -2.22. The predicted octanol–water partition coefficient (Wildman–Crippen LogP) is 7.44. The number of fused-ring (bicyclic) bond motifs is 2. The fraction of sp³-hybridized carbons (Fsp3) is 0. The molecule has 0 fully saturated rings. The Morgan fingerprint density at radius 1 is 0.536 bits per heavy atom. The molecule has 6 heteroatoms. The minimum absolute atomic E-state index is 0.0952. The van der Waals surface area contributed by atoms with E-state index in [-0.39, 0.29) is 11.6 Å². The summed E-state index contributed by atoms with van der Waals surface area (Å²) in [4.78, 5) is 28.9. The molecule has 28 heavy (non-hydrogen) atoms. The highest BCUT2D eigenvalue weighted by Crippen LogP contribution is 2.43. The van der Waals surface area contributed by atoms with E-state index in [4.69, 9.17) is 0 Å². The Hall–Kier alpha value is -1.86. The molecule has 0 aliphatic heterocycles. The van der Waals surface area contributed by atoms with Gasteiger partial charge in [-0.25, -0.2) is 0 Å². The average molecular weight is 530 g/mol. The first-order chi connectivity index (χ1) is 13.5. The molecule has 0 N–H and O–H groups in total. The van der Waals surface area contributed by atoms with E-state index < -0.39 is 0 Å². The van der Waals surface area contributed by atoms with E-state index in [1.54, 1.807) is 46.9 Å². The lowest BCUT2D eigenvalue weighted by Crippen LogP contribution is -2.22. The van der Waals surface area contributed by atoms with Gasteiger partial charge in [-0.1, -0.05) is 36.4 Å². The third-order valence-electron chi connectivity index (χ3n) is 4.75. The van der Waals surface area contributed by atoms with Gasteiger partial charge in [0.25, 0.3) is 0 Å². The van der Waals surface area contributed by atoms with E-state index in [2.05, 4.69) is 31.9 Å². The quantitative estimate of drug-likeness (QED) is 0.238. The van der Waals surface area contributed by atoms with Gasteiger partial charge in [-0.2, -0.15) is 0 Å². The van der Waals surface area contributed by atoms with Gasteiger partial charge in [-0.05, 0) is 56.1 Å². The number of benzene rings is 2. The molecule has 2 aromatic carbocycles. The Morgan fingerprint density at radius 3 is 1.32 bits per heavy atom. The van der Waals surface area contributed by atoms with Gasteiger partial charge in [0.05, 0.1) is 7.57 Å². The minimum Gasteiger partial charge on any atom is -0.289 e. The third-order valence-corrected chi connectivity index (χ3v) is 8.07. The molecule has 1 aliphatic carbocycles. The summed E-state index contributed by atoms with van der Waals surface area (Å²) in [5.74, 6) is -0.190. The molecular formula is C22H10Br2O2S2. The van der Waals surface area contributed by atoms with Crippen molar-refractivity contribution < 1.29 is 9.59 Å². The van der Waals surface area contributed by atoms with E-state index in [9.17, 15) is 9.59 Å². The maximum absolute atomic E-state index is 13.5. The predicted molar refractivity (Wildman–Crippen MR) is 122 cm³/mol. The fourth-order valence-corrected chi connectivity index (χ4v) is 6.39. The van der Waals surface area contributed by atoms with Crippen LogP contribution in [-0.4, -0.2) is 11.6 Å². The molecule has 1 aliphatic rings. The Kier molecular flexibility index (Phi) is 4.47. The second-order valence-electron chi connectivity index (χ2n) is 6.32. The summed E-state index contributed by atoms with van der Waals surface area (Å²) in [5.41, 5.74) is 3.55. The van der Waals surface area contributed by atoms with Gasteiger partial charge < -0.3 is 0 Å². The second kappa shape index (κ2) is 6.88. The molecule has 0 bridgehead atoms. The third kappa shape index (κ3) is 2.78. The number of carbonyl (C=O) groups is 2. The van der Waals surface area contributed by atoms with Gasteiger partial charge >= 0.3 is 0 Å². The first-order valence-corrected chi connectivity index (χ1v) is 11.6. The molecular weight excluding hydrogens is 520 g/mol. The van der Waals surface area contributed by atoms with Crippen molar-refractivity contribution >= 4 is 66.1 Å². The number of thiophene rings is 2. The summed E-state index contributed by atoms with van der Waals surface area (Å²) in [5, 5.41) is 0. The van der Waals surface area contributed by atoms with Crippen molar-refractivity contribution in [2.75, 3.05) is 0 Å². The summed E-state index contributed by atoms with van der Waals surface area (Å²) in [6.07, 6.45) is 0. The van der Waals surface area contributed by atoms with E-state index >= 15 is 0 Å². The van der Waals surface area contributed by atoms with Crippen molar-refractivity contribution in [3.8, 4) is 20.9 Å². The fourth-order valence-electron chi connectivity index (χ4n) is 3.55. The molecule has 0 saturated carbocycles. The van der Waals surface area contributed by atoms with Crippen LogP contribution < -0.4 is 0 Å². The Labute approximate surface area is 186 Å². The zero-order chi connectivity index (χ0) is 19.4. The van der Waals surface area contributed by atoms with Crippen molar-refractivity contribution in [2.24, 2.45) is 0 Å². The van der Waals surface area contributed by atoms with E-state index in [0.717, 1.165) is 28.5 Å². The Morgan fingerprint density at radius 2 is 0.964 bits per heavy atom. The molecule has 0 radical (unpaired) electrons. The van der Waals surface area contributed by atoms with Crippen molar-refractivity contribution in [3.05, 3.63) is 90.5 Å². The normalized spacial score (nSPS) is 12.8. The van der Waals surface area contributed by atoms with E-state index in [1.807, 2.05) is 36.4 Å². The Balaban J connectivity index is 1.86. The molecule has 0 amide bonds. The zero-order valence-electron chi connectivity index (χ0n) is 14.2. The van der Waals surface area contributed by atoms with Crippen LogP contribution in [0.3, 0.4) is 0 Å². The Bertz CT molecular complexity index is 1190. The first kappa shape index (κ1) is 18.2. The molecule has 2 nitrogen and oxygen atoms in total. The van der Waals surface area contributed by atoms with Crippen molar-refractivity contribution in [1.82, 2.24) is 0 Å². The van der Waals surface area contributed by atoms with Crippen LogP contribution in [0.15, 0.2) is 68.2 Å². The topological polar surface area (TPSA) is 34.1 Å². The average Bonchev–Trinajstić information content (AvgIpc) is 3.33. The van der Waals surface area contributed by atoms with Crippen LogP contribution in [0.2, 0.25) is 0 Å². The van der Waals surface area contributed by atoms with E-state index in [0.29, 0.717) is 22.3 Å². The summed E-state index contributed by atoms with van der Waals surface area (Å²) in [6, 6.07) is 18.9. The van der Waals surface area contributed by atoms with Gasteiger partial charge in [0.1, 0.15) is 0 Å². The largest absolute Gasteiger partial charge is 0.289 e. The van der Waals surface area contributed by atoms with Crippen LogP contribution in [0, 0.1) is 0 Å². The van der Waals surface area contributed by atoms with Gasteiger partial charge in [0.2, 0.25) is 0 Å². The van der Waals surface area contributed by atoms with Crippen LogP contribution >= 0.6 is 54.5 Å². The number of hydrogen-bond donors (Lipinski definition) is 0.